The van der Waals surface area contributed by atoms with E-state index < -0.39 is 0 Å². The number of benzene rings is 1. The zero-order valence-corrected chi connectivity index (χ0v) is 11.2. The summed E-state index contributed by atoms with van der Waals surface area (Å²) in [5.41, 5.74) is 2.08. The lowest BCUT2D eigenvalue weighted by molar-refractivity contribution is 0.0595. The van der Waals surface area contributed by atoms with Crippen molar-refractivity contribution in [3.63, 3.8) is 0 Å². The number of rotatable bonds is 3. The second-order valence-corrected chi connectivity index (χ2v) is 4.32. The van der Waals surface area contributed by atoms with Gasteiger partial charge in [-0.2, -0.15) is 0 Å². The van der Waals surface area contributed by atoms with Crippen LogP contribution in [0.1, 0.15) is 42.2 Å². The van der Waals surface area contributed by atoms with Gasteiger partial charge >= 0.3 is 5.97 Å². The van der Waals surface area contributed by atoms with Gasteiger partial charge < -0.3 is 9.72 Å². The number of esters is 1. The van der Waals surface area contributed by atoms with Crippen LogP contribution in [-0.4, -0.2) is 18.1 Å². The number of unbranched alkanes of at least 4 members (excludes halogenated alkanes) is 2. The molecule has 0 aliphatic carbocycles. The van der Waals surface area contributed by atoms with E-state index in [1.165, 1.54) is 7.11 Å². The number of hydrogen-bond donors (Lipinski definition) is 1. The monoisotopic (exact) mass is 255 g/mol. The smallest absolute Gasteiger partial charge is 0.355 e. The fraction of sp³-hybridized carbons (Fsp3) is 0.312. The van der Waals surface area contributed by atoms with Crippen molar-refractivity contribution < 1.29 is 9.53 Å². The molecule has 0 unspecified atom stereocenters. The number of carbonyl (C=O) groups excluding carboxylic acids is 1. The van der Waals surface area contributed by atoms with Crippen LogP contribution in [0.5, 0.6) is 0 Å². The fourth-order valence-corrected chi connectivity index (χ4v) is 1.94. The Balaban J connectivity index is 2.47. The van der Waals surface area contributed by atoms with Crippen LogP contribution in [0.4, 0.5) is 0 Å². The topological polar surface area (TPSA) is 42.1 Å². The molecule has 0 saturated carbocycles. The van der Waals surface area contributed by atoms with Gasteiger partial charge in [0.05, 0.1) is 12.7 Å². The first-order chi connectivity index (χ1) is 9.27. The maximum atomic E-state index is 11.8. The lowest BCUT2D eigenvalue weighted by atomic mass is 10.1. The normalized spacial score (nSPS) is 10.0. The number of ether oxygens (including phenoxy) is 1. The van der Waals surface area contributed by atoms with Crippen LogP contribution in [-0.2, 0) is 4.74 Å². The zero-order chi connectivity index (χ0) is 13.7. The molecule has 3 heteroatoms. The molecule has 0 aliphatic heterocycles. The van der Waals surface area contributed by atoms with E-state index in [1.807, 2.05) is 24.3 Å². The fourth-order valence-electron chi connectivity index (χ4n) is 1.94. The molecule has 1 N–H and O–H groups in total. The van der Waals surface area contributed by atoms with E-state index in [4.69, 9.17) is 4.74 Å². The average molecular weight is 255 g/mol. The summed E-state index contributed by atoms with van der Waals surface area (Å²) >= 11 is 0. The van der Waals surface area contributed by atoms with Gasteiger partial charge in [0, 0.05) is 17.3 Å². The molecule has 0 bridgehead atoms. The van der Waals surface area contributed by atoms with Gasteiger partial charge in [0.25, 0.3) is 0 Å². The van der Waals surface area contributed by atoms with Gasteiger partial charge in [-0.1, -0.05) is 43.4 Å². The maximum absolute atomic E-state index is 11.8. The second-order valence-electron chi connectivity index (χ2n) is 4.32. The Morgan fingerprint density at radius 1 is 1.37 bits per heavy atom. The van der Waals surface area contributed by atoms with Crippen LogP contribution in [0.2, 0.25) is 0 Å². The quantitative estimate of drug-likeness (QED) is 0.518. The van der Waals surface area contributed by atoms with Crippen molar-refractivity contribution in [2.45, 2.75) is 26.2 Å². The summed E-state index contributed by atoms with van der Waals surface area (Å²) in [6.45, 7) is 2.13. The Hall–Kier alpha value is -2.21. The third-order valence-electron chi connectivity index (χ3n) is 2.96. The number of carbonyl (C=O) groups is 1. The number of para-hydroxylation sites is 1. The Bertz CT molecular complexity index is 644. The van der Waals surface area contributed by atoms with Crippen LogP contribution < -0.4 is 0 Å². The molecular formula is C16H17NO2. The Morgan fingerprint density at radius 2 is 2.16 bits per heavy atom. The largest absolute Gasteiger partial charge is 0.464 e. The van der Waals surface area contributed by atoms with Crippen molar-refractivity contribution in [1.82, 2.24) is 4.98 Å². The molecule has 0 saturated heterocycles. The predicted molar refractivity (Wildman–Crippen MR) is 76.0 cm³/mol. The van der Waals surface area contributed by atoms with Crippen molar-refractivity contribution in [2.24, 2.45) is 0 Å². The van der Waals surface area contributed by atoms with Gasteiger partial charge in [0.2, 0.25) is 0 Å². The van der Waals surface area contributed by atoms with E-state index in [2.05, 4.69) is 23.7 Å². The molecule has 0 spiro atoms. The summed E-state index contributed by atoms with van der Waals surface area (Å²) in [7, 11) is 1.38. The molecule has 2 aromatic rings. The van der Waals surface area contributed by atoms with E-state index >= 15 is 0 Å². The Morgan fingerprint density at radius 3 is 2.89 bits per heavy atom. The standard InChI is InChI=1S/C16H17NO2/c1-3-4-5-6-10-13-12-9-7-8-11-14(12)17-15(13)16(18)19-2/h7-9,11,17H,3-5H2,1-2H3. The van der Waals surface area contributed by atoms with E-state index in [9.17, 15) is 4.79 Å². The van der Waals surface area contributed by atoms with Gasteiger partial charge in [-0.15, -0.1) is 0 Å². The van der Waals surface area contributed by atoms with Crippen LogP contribution in [0.15, 0.2) is 24.3 Å². The number of aromatic nitrogens is 1. The van der Waals surface area contributed by atoms with E-state index in [-0.39, 0.29) is 5.97 Å². The number of nitrogens with one attached hydrogen (secondary N) is 1. The molecule has 0 atom stereocenters. The highest BCUT2D eigenvalue weighted by atomic mass is 16.5. The Labute approximate surface area is 113 Å². The minimum Gasteiger partial charge on any atom is -0.464 e. The molecule has 19 heavy (non-hydrogen) atoms. The van der Waals surface area contributed by atoms with Gasteiger partial charge in [0.1, 0.15) is 5.69 Å². The van der Waals surface area contributed by atoms with Crippen molar-refractivity contribution in [1.29, 1.82) is 0 Å². The van der Waals surface area contributed by atoms with E-state index in [1.54, 1.807) is 0 Å². The van der Waals surface area contributed by atoms with Crippen LogP contribution in [0.3, 0.4) is 0 Å². The summed E-state index contributed by atoms with van der Waals surface area (Å²) in [5.74, 6) is 5.85. The first kappa shape index (κ1) is 13.2. The van der Waals surface area contributed by atoms with Crippen molar-refractivity contribution in [3.05, 3.63) is 35.5 Å². The summed E-state index contributed by atoms with van der Waals surface area (Å²) in [6.07, 6.45) is 3.03. The predicted octanol–water partition coefficient (Wildman–Crippen LogP) is 3.50. The molecule has 0 amide bonds. The minimum atomic E-state index is -0.379. The molecule has 1 aromatic heterocycles. The maximum Gasteiger partial charge on any atom is 0.355 e. The molecule has 0 fully saturated rings. The average Bonchev–Trinajstić information content (AvgIpc) is 2.81. The Kier molecular flexibility index (Phi) is 4.25. The molecule has 2 rings (SSSR count). The summed E-state index contributed by atoms with van der Waals surface area (Å²) in [5, 5.41) is 0.965. The molecule has 0 radical (unpaired) electrons. The summed E-state index contributed by atoms with van der Waals surface area (Å²) in [4.78, 5) is 14.9. The summed E-state index contributed by atoms with van der Waals surface area (Å²) < 4.78 is 4.80. The number of H-pyrrole nitrogens is 1. The molecule has 98 valence electrons. The number of aromatic amines is 1. The lowest BCUT2D eigenvalue weighted by Crippen LogP contribution is -2.03. The van der Waals surface area contributed by atoms with Crippen LogP contribution >= 0.6 is 0 Å². The number of methoxy groups -OCH3 is 1. The van der Waals surface area contributed by atoms with Crippen LogP contribution in [0.25, 0.3) is 10.9 Å². The van der Waals surface area contributed by atoms with Crippen molar-refractivity contribution in [2.75, 3.05) is 7.11 Å². The van der Waals surface area contributed by atoms with Crippen molar-refractivity contribution >= 4 is 16.9 Å². The lowest BCUT2D eigenvalue weighted by Gasteiger charge is -1.96. The van der Waals surface area contributed by atoms with Gasteiger partial charge in [-0.05, 0) is 12.5 Å². The van der Waals surface area contributed by atoms with Gasteiger partial charge in [-0.25, -0.2) is 4.79 Å². The minimum absolute atomic E-state index is 0.379. The first-order valence-corrected chi connectivity index (χ1v) is 6.45. The molecule has 1 aromatic carbocycles. The van der Waals surface area contributed by atoms with E-state index in [0.29, 0.717) is 5.69 Å². The highest BCUT2D eigenvalue weighted by Gasteiger charge is 2.16. The summed E-state index contributed by atoms with van der Waals surface area (Å²) in [6, 6.07) is 7.75. The first-order valence-electron chi connectivity index (χ1n) is 6.45. The highest BCUT2D eigenvalue weighted by molar-refractivity contribution is 6.00. The molecule has 3 nitrogen and oxygen atoms in total. The third-order valence-corrected chi connectivity index (χ3v) is 2.96. The number of hydrogen-bond acceptors (Lipinski definition) is 2. The van der Waals surface area contributed by atoms with E-state index in [0.717, 1.165) is 35.7 Å². The highest BCUT2D eigenvalue weighted by Crippen LogP contribution is 2.22. The molecule has 1 heterocycles. The second kappa shape index (κ2) is 6.10. The van der Waals surface area contributed by atoms with Crippen molar-refractivity contribution in [3.8, 4) is 11.8 Å². The third kappa shape index (κ3) is 2.79. The van der Waals surface area contributed by atoms with Crippen LogP contribution in [0, 0.1) is 11.8 Å². The SMILES string of the molecule is CCCCC#Cc1c(C(=O)OC)[nH]c2ccccc12. The molecule has 0 aliphatic rings. The zero-order valence-electron chi connectivity index (χ0n) is 11.2. The van der Waals surface area contributed by atoms with Gasteiger partial charge in [0.15, 0.2) is 0 Å². The molecular weight excluding hydrogens is 238 g/mol. The number of fused-ring (bicyclic) bond motifs is 1. The van der Waals surface area contributed by atoms with Gasteiger partial charge in [-0.3, -0.25) is 0 Å².